The Hall–Kier alpha value is -1.71. The number of nitrogens with one attached hydrogen (secondary N) is 1. The third-order valence-corrected chi connectivity index (χ3v) is 4.56. The van der Waals surface area contributed by atoms with Crippen LogP contribution in [0.1, 0.15) is 25.3 Å². The topological polar surface area (TPSA) is 29.1 Å². The lowest BCUT2D eigenvalue weighted by Crippen LogP contribution is -2.21. The molecule has 0 atom stereocenters. The molecule has 0 spiro atoms. The maximum Gasteiger partial charge on any atom is 0.243 e. The van der Waals surface area contributed by atoms with Crippen LogP contribution in [0.15, 0.2) is 64.4 Å². The average molecular weight is 346 g/mol. The smallest absolute Gasteiger partial charge is 0.243 e. The van der Waals surface area contributed by atoms with Crippen LogP contribution in [0.3, 0.4) is 0 Å². The molecule has 4 heteroatoms. The fourth-order valence-electron chi connectivity index (χ4n) is 1.95. The van der Waals surface area contributed by atoms with Gasteiger partial charge in [0.1, 0.15) is 0 Å². The van der Waals surface area contributed by atoms with Crippen molar-refractivity contribution >= 4 is 35.3 Å². The molecule has 1 amide bonds. The Kier molecular flexibility index (Phi) is 7.24. The van der Waals surface area contributed by atoms with Crippen LogP contribution < -0.4 is 5.32 Å². The molecule has 2 nitrogen and oxygen atoms in total. The average Bonchev–Trinajstić information content (AvgIpc) is 2.56. The van der Waals surface area contributed by atoms with Crippen LogP contribution in [-0.2, 0) is 4.79 Å². The number of unbranched alkanes of at least 4 members (excludes halogenated alkanes) is 1. The Balaban J connectivity index is 2.05. The Morgan fingerprint density at radius 1 is 1.17 bits per heavy atom. The molecule has 0 fully saturated rings. The van der Waals surface area contributed by atoms with Crippen LogP contribution in [0.5, 0.6) is 0 Å². The molecule has 0 aliphatic carbocycles. The van der Waals surface area contributed by atoms with E-state index in [9.17, 15) is 4.79 Å². The zero-order valence-electron chi connectivity index (χ0n) is 13.1. The van der Waals surface area contributed by atoms with E-state index in [0.717, 1.165) is 39.8 Å². The summed E-state index contributed by atoms with van der Waals surface area (Å²) in [6.07, 6.45) is 5.53. The quantitative estimate of drug-likeness (QED) is 0.536. The molecule has 0 aliphatic heterocycles. The van der Waals surface area contributed by atoms with E-state index in [1.807, 2.05) is 54.6 Å². The van der Waals surface area contributed by atoms with E-state index in [1.165, 1.54) is 0 Å². The van der Waals surface area contributed by atoms with Gasteiger partial charge in [0.2, 0.25) is 5.91 Å². The number of hydrogen-bond donors (Lipinski definition) is 1. The monoisotopic (exact) mass is 345 g/mol. The predicted molar refractivity (Wildman–Crippen MR) is 99.0 cm³/mol. The van der Waals surface area contributed by atoms with E-state index < -0.39 is 0 Å². The zero-order valence-corrected chi connectivity index (χ0v) is 14.7. The molecule has 120 valence electrons. The van der Waals surface area contributed by atoms with Crippen LogP contribution in [0.2, 0.25) is 5.02 Å². The maximum absolute atomic E-state index is 11.8. The minimum Gasteiger partial charge on any atom is -0.353 e. The molecule has 0 unspecified atom stereocenters. The number of benzene rings is 2. The van der Waals surface area contributed by atoms with E-state index in [2.05, 4.69) is 12.2 Å². The number of carbonyl (C=O) groups excluding carboxylic acids is 1. The van der Waals surface area contributed by atoms with Gasteiger partial charge in [-0.05, 0) is 48.4 Å². The number of hydrogen-bond acceptors (Lipinski definition) is 2. The van der Waals surface area contributed by atoms with Crippen molar-refractivity contribution in [3.8, 4) is 0 Å². The lowest BCUT2D eigenvalue weighted by Gasteiger charge is -2.06. The van der Waals surface area contributed by atoms with Gasteiger partial charge in [-0.15, -0.1) is 0 Å². The lowest BCUT2D eigenvalue weighted by atomic mass is 10.2. The predicted octanol–water partition coefficient (Wildman–Crippen LogP) is 5.42. The molecule has 0 aliphatic rings. The highest BCUT2D eigenvalue weighted by Crippen LogP contribution is 2.31. The first-order valence-corrected chi connectivity index (χ1v) is 8.87. The molecule has 0 aromatic heterocycles. The number of halogens is 1. The van der Waals surface area contributed by atoms with Gasteiger partial charge in [-0.3, -0.25) is 4.79 Å². The lowest BCUT2D eigenvalue weighted by molar-refractivity contribution is -0.116. The van der Waals surface area contributed by atoms with Gasteiger partial charge in [0.15, 0.2) is 0 Å². The molecule has 0 heterocycles. The largest absolute Gasteiger partial charge is 0.353 e. The summed E-state index contributed by atoms with van der Waals surface area (Å²) in [7, 11) is 0. The van der Waals surface area contributed by atoms with Crippen LogP contribution >= 0.6 is 23.4 Å². The van der Waals surface area contributed by atoms with Gasteiger partial charge < -0.3 is 5.32 Å². The molecule has 0 bridgehead atoms. The summed E-state index contributed by atoms with van der Waals surface area (Å²) in [6.45, 7) is 2.83. The molecule has 23 heavy (non-hydrogen) atoms. The molecule has 0 saturated heterocycles. The number of amides is 1. The maximum atomic E-state index is 11.8. The number of rotatable bonds is 7. The third-order valence-electron chi connectivity index (χ3n) is 3.20. The molecule has 0 radical (unpaired) electrons. The first-order valence-electron chi connectivity index (χ1n) is 7.67. The van der Waals surface area contributed by atoms with E-state index >= 15 is 0 Å². The van der Waals surface area contributed by atoms with Gasteiger partial charge in [-0.1, -0.05) is 54.9 Å². The van der Waals surface area contributed by atoms with E-state index in [-0.39, 0.29) is 5.91 Å². The summed E-state index contributed by atoms with van der Waals surface area (Å²) in [5, 5.41) is 3.61. The van der Waals surface area contributed by atoms with Crippen molar-refractivity contribution in [1.29, 1.82) is 0 Å². The Morgan fingerprint density at radius 3 is 2.65 bits per heavy atom. The molecule has 2 aromatic rings. The van der Waals surface area contributed by atoms with Crippen LogP contribution in [0.4, 0.5) is 0 Å². The van der Waals surface area contributed by atoms with Gasteiger partial charge in [-0.2, -0.15) is 0 Å². The molecular weight excluding hydrogens is 326 g/mol. The van der Waals surface area contributed by atoms with Crippen LogP contribution in [0, 0.1) is 0 Å². The fourth-order valence-corrected chi connectivity index (χ4v) is 3.01. The van der Waals surface area contributed by atoms with Crippen molar-refractivity contribution in [1.82, 2.24) is 5.32 Å². The van der Waals surface area contributed by atoms with Crippen molar-refractivity contribution in [3.63, 3.8) is 0 Å². The normalized spacial score (nSPS) is 10.9. The summed E-state index contributed by atoms with van der Waals surface area (Å²) in [4.78, 5) is 14.0. The first kappa shape index (κ1) is 17.6. The van der Waals surface area contributed by atoms with Crippen molar-refractivity contribution in [2.45, 2.75) is 29.6 Å². The summed E-state index contributed by atoms with van der Waals surface area (Å²) in [6, 6.07) is 15.8. The molecular formula is C19H20ClNOS. The second-order valence-electron chi connectivity index (χ2n) is 5.07. The SMILES string of the molecule is CCCCNC(=O)/C=C/c1ccccc1Sc1ccc(Cl)cc1. The van der Waals surface area contributed by atoms with Gasteiger partial charge in [0, 0.05) is 27.4 Å². The first-order chi connectivity index (χ1) is 11.2. The van der Waals surface area contributed by atoms with Gasteiger partial charge in [-0.25, -0.2) is 0 Å². The minimum atomic E-state index is -0.0512. The standard InChI is InChI=1S/C19H20ClNOS/c1-2-3-14-21-19(22)13-8-15-6-4-5-7-18(15)23-17-11-9-16(20)10-12-17/h4-13H,2-3,14H2,1H3,(H,21,22)/b13-8+. The van der Waals surface area contributed by atoms with Gasteiger partial charge in [0.05, 0.1) is 0 Å². The molecule has 0 saturated carbocycles. The highest BCUT2D eigenvalue weighted by molar-refractivity contribution is 7.99. The minimum absolute atomic E-state index is 0.0512. The van der Waals surface area contributed by atoms with Crippen molar-refractivity contribution in [3.05, 3.63) is 65.2 Å². The Bertz CT molecular complexity index is 667. The fraction of sp³-hybridized carbons (Fsp3) is 0.211. The van der Waals surface area contributed by atoms with Crippen molar-refractivity contribution in [2.24, 2.45) is 0 Å². The molecule has 2 aromatic carbocycles. The van der Waals surface area contributed by atoms with Crippen LogP contribution in [0.25, 0.3) is 6.08 Å². The van der Waals surface area contributed by atoms with Crippen molar-refractivity contribution < 1.29 is 4.79 Å². The summed E-state index contributed by atoms with van der Waals surface area (Å²) in [5.41, 5.74) is 1.03. The van der Waals surface area contributed by atoms with E-state index in [4.69, 9.17) is 11.6 Å². The Morgan fingerprint density at radius 2 is 1.91 bits per heavy atom. The van der Waals surface area contributed by atoms with Gasteiger partial charge in [0.25, 0.3) is 0 Å². The van der Waals surface area contributed by atoms with Crippen molar-refractivity contribution in [2.75, 3.05) is 6.54 Å². The second-order valence-corrected chi connectivity index (χ2v) is 6.62. The van der Waals surface area contributed by atoms with E-state index in [0.29, 0.717) is 0 Å². The summed E-state index contributed by atoms with van der Waals surface area (Å²) >= 11 is 7.57. The second kappa shape index (κ2) is 9.43. The van der Waals surface area contributed by atoms with Crippen LogP contribution in [-0.4, -0.2) is 12.5 Å². The Labute approximate surface area is 146 Å². The van der Waals surface area contributed by atoms with Gasteiger partial charge >= 0.3 is 0 Å². The zero-order chi connectivity index (χ0) is 16.5. The highest BCUT2D eigenvalue weighted by Gasteiger charge is 2.03. The summed E-state index contributed by atoms with van der Waals surface area (Å²) in [5.74, 6) is -0.0512. The van der Waals surface area contributed by atoms with E-state index in [1.54, 1.807) is 17.8 Å². The highest BCUT2D eigenvalue weighted by atomic mass is 35.5. The summed E-state index contributed by atoms with van der Waals surface area (Å²) < 4.78 is 0. The number of carbonyl (C=O) groups is 1. The third kappa shape index (κ3) is 6.12. The molecule has 1 N–H and O–H groups in total. The molecule has 2 rings (SSSR count).